The van der Waals surface area contributed by atoms with Crippen LogP contribution in [0.2, 0.25) is 0 Å². The van der Waals surface area contributed by atoms with E-state index in [-0.39, 0.29) is 0 Å². The van der Waals surface area contributed by atoms with Gasteiger partial charge in [0.15, 0.2) is 0 Å². The van der Waals surface area contributed by atoms with Crippen molar-refractivity contribution in [3.05, 3.63) is 60.0 Å². The molecule has 3 N–H and O–H groups in total. The van der Waals surface area contributed by atoms with Crippen molar-refractivity contribution in [2.45, 2.75) is 46.2 Å². The first-order valence-electron chi connectivity index (χ1n) is 11.8. The molecule has 0 radical (unpaired) electrons. The summed E-state index contributed by atoms with van der Waals surface area (Å²) >= 11 is 0. The lowest BCUT2D eigenvalue weighted by Crippen LogP contribution is -2.38. The SMILES string of the molecule is CCOc1cc(CN2CCC(Nc3cnc(N)c(C)c3)CC2)cc(OCC)c1-n1cccc1. The van der Waals surface area contributed by atoms with E-state index in [0.717, 1.165) is 60.9 Å². The molecule has 7 nitrogen and oxygen atoms in total. The number of nitrogens with one attached hydrogen (secondary N) is 1. The van der Waals surface area contributed by atoms with Crippen LogP contribution in [-0.4, -0.2) is 46.8 Å². The standard InChI is InChI=1S/C26H35N5O2/c1-4-32-23-15-20(16-24(33-5-2)25(23)31-10-6-7-11-31)18-30-12-8-21(9-13-30)29-22-14-19(3)26(27)28-17-22/h6-7,10-11,14-17,21,29H,4-5,8-9,12-13,18H2,1-3H3,(H2,27,28). The van der Waals surface area contributed by atoms with Crippen LogP contribution in [0.5, 0.6) is 11.5 Å². The summed E-state index contributed by atoms with van der Waals surface area (Å²) in [5.41, 5.74) is 10.1. The van der Waals surface area contributed by atoms with Crippen LogP contribution in [0.1, 0.15) is 37.8 Å². The van der Waals surface area contributed by atoms with E-state index in [2.05, 4.69) is 38.0 Å². The molecule has 7 heteroatoms. The number of anilines is 2. The van der Waals surface area contributed by atoms with Crippen molar-refractivity contribution in [1.82, 2.24) is 14.5 Å². The van der Waals surface area contributed by atoms with Crippen molar-refractivity contribution >= 4 is 11.5 Å². The molecule has 33 heavy (non-hydrogen) atoms. The Kier molecular flexibility index (Phi) is 7.40. The van der Waals surface area contributed by atoms with Crippen molar-refractivity contribution in [3.63, 3.8) is 0 Å². The van der Waals surface area contributed by atoms with E-state index in [0.29, 0.717) is 25.1 Å². The Morgan fingerprint density at radius 1 is 1.03 bits per heavy atom. The van der Waals surface area contributed by atoms with Gasteiger partial charge >= 0.3 is 0 Å². The minimum absolute atomic E-state index is 0.445. The molecule has 0 bridgehead atoms. The van der Waals surface area contributed by atoms with Gasteiger partial charge in [0.1, 0.15) is 23.0 Å². The van der Waals surface area contributed by atoms with E-state index < -0.39 is 0 Å². The Bertz CT molecular complexity index is 1020. The maximum absolute atomic E-state index is 6.03. The molecule has 3 aromatic rings. The van der Waals surface area contributed by atoms with Gasteiger partial charge in [0.25, 0.3) is 0 Å². The van der Waals surface area contributed by atoms with Crippen LogP contribution in [-0.2, 0) is 6.54 Å². The van der Waals surface area contributed by atoms with Crippen molar-refractivity contribution in [2.75, 3.05) is 37.4 Å². The minimum Gasteiger partial charge on any atom is -0.492 e. The number of pyridine rings is 1. The second-order valence-electron chi connectivity index (χ2n) is 8.52. The number of aryl methyl sites for hydroxylation is 1. The Morgan fingerprint density at radius 3 is 2.24 bits per heavy atom. The first-order chi connectivity index (χ1) is 16.1. The average molecular weight is 450 g/mol. The van der Waals surface area contributed by atoms with Crippen molar-refractivity contribution < 1.29 is 9.47 Å². The molecule has 3 heterocycles. The predicted molar refractivity (Wildman–Crippen MR) is 133 cm³/mol. The smallest absolute Gasteiger partial charge is 0.147 e. The van der Waals surface area contributed by atoms with Gasteiger partial charge in [0, 0.05) is 38.1 Å². The molecular formula is C26H35N5O2. The van der Waals surface area contributed by atoms with Gasteiger partial charge in [-0.2, -0.15) is 0 Å². The zero-order valence-electron chi connectivity index (χ0n) is 19.9. The number of likely N-dealkylation sites (tertiary alicyclic amines) is 1. The quantitative estimate of drug-likeness (QED) is 0.496. The summed E-state index contributed by atoms with van der Waals surface area (Å²) in [4.78, 5) is 6.77. The van der Waals surface area contributed by atoms with Gasteiger partial charge in [-0.1, -0.05) is 0 Å². The summed E-state index contributed by atoms with van der Waals surface area (Å²) in [7, 11) is 0. The van der Waals surface area contributed by atoms with E-state index in [1.165, 1.54) is 5.56 Å². The van der Waals surface area contributed by atoms with Crippen LogP contribution in [0.3, 0.4) is 0 Å². The maximum Gasteiger partial charge on any atom is 0.147 e. The van der Waals surface area contributed by atoms with Crippen LogP contribution < -0.4 is 20.5 Å². The zero-order chi connectivity index (χ0) is 23.2. The molecule has 176 valence electrons. The monoisotopic (exact) mass is 449 g/mol. The molecule has 1 saturated heterocycles. The van der Waals surface area contributed by atoms with Gasteiger partial charge in [-0.25, -0.2) is 4.98 Å². The van der Waals surface area contributed by atoms with Crippen molar-refractivity contribution in [2.24, 2.45) is 0 Å². The second-order valence-corrected chi connectivity index (χ2v) is 8.52. The molecule has 0 saturated carbocycles. The zero-order valence-corrected chi connectivity index (χ0v) is 19.9. The summed E-state index contributed by atoms with van der Waals surface area (Å²) in [6, 6.07) is 10.9. The molecular weight excluding hydrogens is 414 g/mol. The number of nitrogens with zero attached hydrogens (tertiary/aromatic N) is 3. The fourth-order valence-electron chi connectivity index (χ4n) is 4.39. The first-order valence-corrected chi connectivity index (χ1v) is 11.8. The molecule has 1 aliphatic heterocycles. The molecule has 0 aliphatic carbocycles. The number of aromatic nitrogens is 2. The third kappa shape index (κ3) is 5.60. The largest absolute Gasteiger partial charge is 0.492 e. The molecule has 2 aromatic heterocycles. The van der Waals surface area contributed by atoms with Gasteiger partial charge < -0.3 is 25.1 Å². The second kappa shape index (κ2) is 10.6. The lowest BCUT2D eigenvalue weighted by Gasteiger charge is -2.33. The highest BCUT2D eigenvalue weighted by Crippen LogP contribution is 2.35. The highest BCUT2D eigenvalue weighted by atomic mass is 16.5. The third-order valence-corrected chi connectivity index (χ3v) is 6.05. The molecule has 1 aromatic carbocycles. The molecule has 4 rings (SSSR count). The van der Waals surface area contributed by atoms with Gasteiger partial charge in [-0.3, -0.25) is 4.90 Å². The van der Waals surface area contributed by atoms with E-state index in [4.69, 9.17) is 15.2 Å². The summed E-state index contributed by atoms with van der Waals surface area (Å²) < 4.78 is 14.1. The Labute approximate surface area is 196 Å². The van der Waals surface area contributed by atoms with E-state index >= 15 is 0 Å². The van der Waals surface area contributed by atoms with Crippen molar-refractivity contribution in [1.29, 1.82) is 0 Å². The van der Waals surface area contributed by atoms with E-state index in [9.17, 15) is 0 Å². The summed E-state index contributed by atoms with van der Waals surface area (Å²) in [6.07, 6.45) is 8.04. The fourth-order valence-corrected chi connectivity index (χ4v) is 4.39. The Hall–Kier alpha value is -3.19. The summed E-state index contributed by atoms with van der Waals surface area (Å²) in [5, 5.41) is 3.62. The molecule has 0 unspecified atom stereocenters. The number of ether oxygens (including phenoxy) is 2. The number of nitrogen functional groups attached to an aromatic ring is 1. The average Bonchev–Trinajstić information content (AvgIpc) is 3.32. The number of hydrogen-bond donors (Lipinski definition) is 2. The minimum atomic E-state index is 0.445. The van der Waals surface area contributed by atoms with Crippen LogP contribution in [0, 0.1) is 6.92 Å². The lowest BCUT2D eigenvalue weighted by atomic mass is 10.0. The van der Waals surface area contributed by atoms with Gasteiger partial charge in [0.05, 0.1) is 25.1 Å². The molecule has 1 fully saturated rings. The number of piperidine rings is 1. The molecule has 0 atom stereocenters. The predicted octanol–water partition coefficient (Wildman–Crippen LogP) is 4.64. The lowest BCUT2D eigenvalue weighted by molar-refractivity contribution is 0.210. The normalized spacial score (nSPS) is 14.9. The number of nitrogens with two attached hydrogens (primary N) is 1. The van der Waals surface area contributed by atoms with Gasteiger partial charge in [-0.15, -0.1) is 0 Å². The Morgan fingerprint density at radius 2 is 1.67 bits per heavy atom. The highest BCUT2D eigenvalue weighted by Gasteiger charge is 2.21. The number of hydrogen-bond acceptors (Lipinski definition) is 6. The summed E-state index contributed by atoms with van der Waals surface area (Å²) in [6.45, 7) is 10.2. The van der Waals surface area contributed by atoms with Crippen LogP contribution in [0.25, 0.3) is 5.69 Å². The van der Waals surface area contributed by atoms with Crippen LogP contribution in [0.15, 0.2) is 48.9 Å². The van der Waals surface area contributed by atoms with Gasteiger partial charge in [-0.05, 0) is 75.1 Å². The van der Waals surface area contributed by atoms with Crippen LogP contribution in [0.4, 0.5) is 11.5 Å². The first kappa shape index (κ1) is 23.0. The number of benzene rings is 1. The van der Waals surface area contributed by atoms with E-state index in [1.54, 1.807) is 0 Å². The molecule has 0 amide bonds. The van der Waals surface area contributed by atoms with Gasteiger partial charge in [0.2, 0.25) is 0 Å². The topological polar surface area (TPSA) is 77.6 Å². The highest BCUT2D eigenvalue weighted by molar-refractivity contribution is 5.59. The van der Waals surface area contributed by atoms with Crippen LogP contribution >= 0.6 is 0 Å². The number of rotatable bonds is 9. The maximum atomic E-state index is 6.03. The fraction of sp³-hybridized carbons (Fsp3) is 0.423. The molecule has 1 aliphatic rings. The third-order valence-electron chi connectivity index (χ3n) is 6.05. The van der Waals surface area contributed by atoms with E-state index in [1.807, 2.05) is 51.5 Å². The molecule has 0 spiro atoms. The summed E-state index contributed by atoms with van der Waals surface area (Å²) in [5.74, 6) is 2.31. The van der Waals surface area contributed by atoms with Crippen molar-refractivity contribution in [3.8, 4) is 17.2 Å². The Balaban J connectivity index is 1.44.